The lowest BCUT2D eigenvalue weighted by Crippen LogP contribution is -2.54. The second-order valence-electron chi connectivity index (χ2n) is 7.05. The summed E-state index contributed by atoms with van der Waals surface area (Å²) in [5.41, 5.74) is -0.654. The molecule has 3 atom stereocenters. The van der Waals surface area contributed by atoms with Crippen LogP contribution in [0.15, 0.2) is 42.5 Å². The molecule has 0 amide bonds. The Bertz CT molecular complexity index is 718. The fraction of sp³-hybridized carbons (Fsp3) is 0.400. The third kappa shape index (κ3) is 3.43. The number of nitrogens with zero attached hydrogens (tertiary/aromatic N) is 1. The van der Waals surface area contributed by atoms with Crippen molar-refractivity contribution in [1.82, 2.24) is 4.90 Å². The molecule has 0 radical (unpaired) electrons. The number of benzene rings is 2. The molecule has 1 saturated heterocycles. The third-order valence-corrected chi connectivity index (χ3v) is 5.44. The molecule has 0 aromatic heterocycles. The van der Waals surface area contributed by atoms with Gasteiger partial charge in [0, 0.05) is 36.5 Å². The third-order valence-electron chi connectivity index (χ3n) is 5.22. The van der Waals surface area contributed by atoms with Gasteiger partial charge in [0.1, 0.15) is 17.2 Å². The Hall–Kier alpha value is -1.49. The molecule has 2 aromatic carbocycles. The predicted octanol–water partition coefficient (Wildman–Crippen LogP) is 4.59. The molecule has 134 valence electrons. The van der Waals surface area contributed by atoms with E-state index in [9.17, 15) is 13.9 Å². The SMILES string of the molecule is C[C@@H]1CN(Cc2ccccc2)C[C@H](C)C1(O)c1c(F)cc(Cl)cc1F. The molecule has 1 aliphatic heterocycles. The van der Waals surface area contributed by atoms with Crippen molar-refractivity contribution in [2.24, 2.45) is 11.8 Å². The summed E-state index contributed by atoms with van der Waals surface area (Å²) in [6, 6.07) is 12.2. The van der Waals surface area contributed by atoms with Crippen LogP contribution in [0.3, 0.4) is 0 Å². The van der Waals surface area contributed by atoms with Crippen molar-refractivity contribution in [1.29, 1.82) is 0 Å². The van der Waals surface area contributed by atoms with Crippen LogP contribution in [-0.4, -0.2) is 23.1 Å². The number of halogens is 3. The Balaban J connectivity index is 1.87. The fourth-order valence-electron chi connectivity index (χ4n) is 4.00. The van der Waals surface area contributed by atoms with Gasteiger partial charge in [-0.2, -0.15) is 0 Å². The molecular weight excluding hydrogens is 344 g/mol. The molecule has 0 aliphatic carbocycles. The minimum atomic E-state index is -1.56. The first-order valence-electron chi connectivity index (χ1n) is 8.46. The number of rotatable bonds is 3. The van der Waals surface area contributed by atoms with Crippen LogP contribution in [0.2, 0.25) is 5.02 Å². The van der Waals surface area contributed by atoms with Gasteiger partial charge in [0.15, 0.2) is 0 Å². The summed E-state index contributed by atoms with van der Waals surface area (Å²) in [4.78, 5) is 2.21. The van der Waals surface area contributed by atoms with E-state index >= 15 is 0 Å². The van der Waals surface area contributed by atoms with Crippen molar-refractivity contribution in [3.05, 3.63) is 70.2 Å². The van der Waals surface area contributed by atoms with Gasteiger partial charge in [-0.15, -0.1) is 0 Å². The minimum Gasteiger partial charge on any atom is -0.384 e. The number of hydrogen-bond donors (Lipinski definition) is 1. The van der Waals surface area contributed by atoms with Gasteiger partial charge in [-0.05, 0) is 17.7 Å². The van der Waals surface area contributed by atoms with Gasteiger partial charge in [-0.3, -0.25) is 4.90 Å². The second kappa shape index (κ2) is 7.02. The topological polar surface area (TPSA) is 23.5 Å². The van der Waals surface area contributed by atoms with E-state index in [-0.39, 0.29) is 22.4 Å². The molecule has 1 N–H and O–H groups in total. The summed E-state index contributed by atoms with van der Waals surface area (Å²) in [7, 11) is 0. The first-order valence-corrected chi connectivity index (χ1v) is 8.83. The number of piperidine rings is 1. The lowest BCUT2D eigenvalue weighted by Gasteiger charge is -2.48. The summed E-state index contributed by atoms with van der Waals surface area (Å²) in [6.45, 7) is 5.52. The molecule has 1 unspecified atom stereocenters. The minimum absolute atomic E-state index is 0.0100. The molecule has 5 heteroatoms. The standard InChI is InChI=1S/C20H22ClF2NO/c1-13-10-24(12-15-6-4-3-5-7-15)11-14(2)20(13,25)19-17(22)8-16(21)9-18(19)23/h3-9,13-14,25H,10-12H2,1-2H3/t13-,14+,20?. The van der Waals surface area contributed by atoms with Crippen LogP contribution in [-0.2, 0) is 12.1 Å². The summed E-state index contributed by atoms with van der Waals surface area (Å²) < 4.78 is 28.9. The molecule has 1 heterocycles. The van der Waals surface area contributed by atoms with E-state index in [1.54, 1.807) is 0 Å². The first kappa shape index (κ1) is 18.3. The molecule has 3 rings (SSSR count). The van der Waals surface area contributed by atoms with Crippen LogP contribution in [0.1, 0.15) is 25.0 Å². The normalized spacial score (nSPS) is 27.4. The van der Waals surface area contributed by atoms with Crippen molar-refractivity contribution in [2.75, 3.05) is 13.1 Å². The van der Waals surface area contributed by atoms with E-state index in [0.717, 1.165) is 18.7 Å². The Morgan fingerprint density at radius 3 is 2.12 bits per heavy atom. The molecule has 0 saturated carbocycles. The van der Waals surface area contributed by atoms with E-state index in [4.69, 9.17) is 11.6 Å². The molecule has 1 aliphatic rings. The Morgan fingerprint density at radius 2 is 1.60 bits per heavy atom. The van der Waals surface area contributed by atoms with Crippen molar-refractivity contribution < 1.29 is 13.9 Å². The van der Waals surface area contributed by atoms with Gasteiger partial charge in [-0.25, -0.2) is 8.78 Å². The number of aliphatic hydroxyl groups is 1. The highest BCUT2D eigenvalue weighted by Crippen LogP contribution is 2.44. The zero-order valence-electron chi connectivity index (χ0n) is 14.3. The molecule has 2 nitrogen and oxygen atoms in total. The van der Waals surface area contributed by atoms with Gasteiger partial charge >= 0.3 is 0 Å². The quantitative estimate of drug-likeness (QED) is 0.859. The van der Waals surface area contributed by atoms with E-state index in [2.05, 4.69) is 17.0 Å². The summed E-state index contributed by atoms with van der Waals surface area (Å²) in [5.74, 6) is -2.24. The maximum Gasteiger partial charge on any atom is 0.133 e. The largest absolute Gasteiger partial charge is 0.384 e. The molecular formula is C20H22ClF2NO. The van der Waals surface area contributed by atoms with Gasteiger partial charge in [-0.1, -0.05) is 55.8 Å². The van der Waals surface area contributed by atoms with Gasteiger partial charge in [0.2, 0.25) is 0 Å². The monoisotopic (exact) mass is 365 g/mol. The van der Waals surface area contributed by atoms with E-state index in [1.165, 1.54) is 5.56 Å². The van der Waals surface area contributed by atoms with Crippen molar-refractivity contribution in [2.45, 2.75) is 26.0 Å². The maximum atomic E-state index is 14.4. The highest BCUT2D eigenvalue weighted by Gasteiger charge is 2.48. The van der Waals surface area contributed by atoms with Crippen LogP contribution < -0.4 is 0 Å². The predicted molar refractivity (Wildman–Crippen MR) is 95.3 cm³/mol. The highest BCUT2D eigenvalue weighted by molar-refractivity contribution is 6.30. The molecule has 1 fully saturated rings. The lowest BCUT2D eigenvalue weighted by atomic mass is 9.70. The average molecular weight is 366 g/mol. The van der Waals surface area contributed by atoms with Crippen molar-refractivity contribution in [3.63, 3.8) is 0 Å². The summed E-state index contributed by atoms with van der Waals surface area (Å²) in [6.07, 6.45) is 0. The van der Waals surface area contributed by atoms with Crippen molar-refractivity contribution in [3.8, 4) is 0 Å². The summed E-state index contributed by atoms with van der Waals surface area (Å²) in [5, 5.41) is 11.3. The fourth-order valence-corrected chi connectivity index (χ4v) is 4.19. The lowest BCUT2D eigenvalue weighted by molar-refractivity contribution is -0.118. The Morgan fingerprint density at radius 1 is 1.08 bits per heavy atom. The van der Waals surface area contributed by atoms with E-state index in [1.807, 2.05) is 32.0 Å². The van der Waals surface area contributed by atoms with Gasteiger partial charge < -0.3 is 5.11 Å². The smallest absolute Gasteiger partial charge is 0.133 e. The molecule has 25 heavy (non-hydrogen) atoms. The first-order chi connectivity index (χ1) is 11.8. The zero-order valence-corrected chi connectivity index (χ0v) is 15.1. The summed E-state index contributed by atoms with van der Waals surface area (Å²) >= 11 is 5.72. The van der Waals surface area contributed by atoms with Gasteiger partial charge in [0.25, 0.3) is 0 Å². The second-order valence-corrected chi connectivity index (χ2v) is 7.49. The van der Waals surface area contributed by atoms with Crippen LogP contribution in [0.25, 0.3) is 0 Å². The average Bonchev–Trinajstić information content (AvgIpc) is 2.53. The molecule has 0 spiro atoms. The van der Waals surface area contributed by atoms with Crippen molar-refractivity contribution >= 4 is 11.6 Å². The molecule has 0 bridgehead atoms. The van der Waals surface area contributed by atoms with Crippen LogP contribution in [0.5, 0.6) is 0 Å². The van der Waals surface area contributed by atoms with E-state index in [0.29, 0.717) is 13.1 Å². The number of likely N-dealkylation sites (tertiary alicyclic amines) is 1. The molecule has 2 aromatic rings. The van der Waals surface area contributed by atoms with Crippen LogP contribution in [0, 0.1) is 23.5 Å². The van der Waals surface area contributed by atoms with Crippen LogP contribution in [0.4, 0.5) is 8.78 Å². The maximum absolute atomic E-state index is 14.4. The van der Waals surface area contributed by atoms with E-state index < -0.39 is 17.2 Å². The van der Waals surface area contributed by atoms with Crippen LogP contribution >= 0.6 is 11.6 Å². The number of hydrogen-bond acceptors (Lipinski definition) is 2. The highest BCUT2D eigenvalue weighted by atomic mass is 35.5. The Labute approximate surface area is 152 Å². The Kier molecular flexibility index (Phi) is 5.14. The van der Waals surface area contributed by atoms with Gasteiger partial charge in [0.05, 0.1) is 5.56 Å². The zero-order chi connectivity index (χ0) is 18.2.